The van der Waals surface area contributed by atoms with Crippen molar-refractivity contribution in [3.05, 3.63) is 13.8 Å². The fraction of sp³-hybridized carbons (Fsp3) is 0.923. The van der Waals surface area contributed by atoms with E-state index in [1.807, 2.05) is 0 Å². The third-order valence-electron chi connectivity index (χ3n) is 6.05. The first-order chi connectivity index (χ1) is 12.8. The molecule has 1 unspecified atom stereocenters. The third kappa shape index (κ3) is 20.3. The van der Waals surface area contributed by atoms with E-state index in [0.717, 1.165) is 18.8 Å². The van der Waals surface area contributed by atoms with E-state index in [9.17, 15) is 0 Å². The Morgan fingerprint density at radius 3 is 1.08 bits per heavy atom. The fourth-order valence-electron chi connectivity index (χ4n) is 4.07. The van der Waals surface area contributed by atoms with Gasteiger partial charge < -0.3 is 0 Å². The summed E-state index contributed by atoms with van der Waals surface area (Å²) in [6.07, 6.45) is 31.1. The van der Waals surface area contributed by atoms with Crippen molar-refractivity contribution in [2.75, 3.05) is 0 Å². The maximum absolute atomic E-state index is 3.97. The van der Waals surface area contributed by atoms with Gasteiger partial charge in [-0.05, 0) is 5.92 Å². The summed E-state index contributed by atoms with van der Waals surface area (Å²) in [5.74, 6) is 0.977. The molecule has 0 heterocycles. The van der Waals surface area contributed by atoms with E-state index in [2.05, 4.69) is 20.8 Å². The Morgan fingerprint density at radius 2 is 0.731 bits per heavy atom. The first kappa shape index (κ1) is 26.0. The number of hydrogen-bond acceptors (Lipinski definition) is 0. The zero-order valence-corrected chi connectivity index (χ0v) is 18.5. The van der Waals surface area contributed by atoms with Gasteiger partial charge in [0, 0.05) is 0 Å². The van der Waals surface area contributed by atoms with Crippen molar-refractivity contribution in [3.63, 3.8) is 0 Å². The van der Waals surface area contributed by atoms with E-state index in [1.165, 1.54) is 128 Å². The maximum atomic E-state index is 3.97. The van der Waals surface area contributed by atoms with Crippen LogP contribution in [0.1, 0.15) is 148 Å². The Bertz CT molecular complexity index is 232. The molecular weight excluding hydrogens is 312 g/mol. The molecule has 0 aliphatic heterocycles. The molecule has 0 fully saturated rings. The molecule has 26 heavy (non-hydrogen) atoms. The number of hydrogen-bond donors (Lipinski definition) is 0. The van der Waals surface area contributed by atoms with Crippen LogP contribution in [0.4, 0.5) is 0 Å². The second-order valence-electron chi connectivity index (χ2n) is 8.57. The average molecular weight is 365 g/mol. The molecule has 0 aliphatic carbocycles. The minimum atomic E-state index is 0.977. The Morgan fingerprint density at radius 1 is 0.423 bits per heavy atom. The van der Waals surface area contributed by atoms with Gasteiger partial charge in [0.25, 0.3) is 0 Å². The molecule has 0 aromatic carbocycles. The standard InChI is InChI=1S/C26H52/c1-4-7-9-10-11-12-13-14-15-16-17-18-19-20-21-22-23-25-26(6-3)24-8-5-2/h26H,1-2,4-25H2,3H3. The Kier molecular flexibility index (Phi) is 23.0. The quantitative estimate of drug-likeness (QED) is 0.168. The van der Waals surface area contributed by atoms with Gasteiger partial charge in [-0.25, -0.2) is 0 Å². The molecule has 0 saturated carbocycles. The normalized spacial score (nSPS) is 12.6. The van der Waals surface area contributed by atoms with Gasteiger partial charge in [-0.15, -0.1) is 0 Å². The summed E-state index contributed by atoms with van der Waals surface area (Å²) in [4.78, 5) is 0. The Labute approximate surface area is 168 Å². The topological polar surface area (TPSA) is 0 Å². The highest BCUT2D eigenvalue weighted by Gasteiger charge is 2.05. The van der Waals surface area contributed by atoms with Crippen LogP contribution in [-0.2, 0) is 0 Å². The summed E-state index contributed by atoms with van der Waals surface area (Å²) in [6, 6.07) is 0. The van der Waals surface area contributed by atoms with E-state index in [-0.39, 0.29) is 0 Å². The maximum Gasteiger partial charge on any atom is -0.0417 e. The van der Waals surface area contributed by atoms with Crippen LogP contribution in [0, 0.1) is 19.8 Å². The molecule has 0 bridgehead atoms. The van der Waals surface area contributed by atoms with Crippen LogP contribution in [0.2, 0.25) is 0 Å². The van der Waals surface area contributed by atoms with Gasteiger partial charge in [0.05, 0.1) is 0 Å². The summed E-state index contributed by atoms with van der Waals surface area (Å²) in [5, 5.41) is 0. The predicted octanol–water partition coefficient (Wildman–Crippen LogP) is 9.87. The Hall–Kier alpha value is 0. The van der Waals surface area contributed by atoms with Crippen LogP contribution in [0.3, 0.4) is 0 Å². The highest BCUT2D eigenvalue weighted by atomic mass is 14.1. The molecule has 2 radical (unpaired) electrons. The van der Waals surface area contributed by atoms with Gasteiger partial charge in [-0.1, -0.05) is 162 Å². The monoisotopic (exact) mass is 364 g/mol. The zero-order valence-electron chi connectivity index (χ0n) is 18.5. The van der Waals surface area contributed by atoms with Crippen LogP contribution in [0.25, 0.3) is 0 Å². The molecule has 0 aromatic rings. The molecule has 0 aliphatic rings. The largest absolute Gasteiger partial charge is 0.0651 e. The average Bonchev–Trinajstić information content (AvgIpc) is 2.66. The first-order valence-electron chi connectivity index (χ1n) is 12.4. The van der Waals surface area contributed by atoms with Gasteiger partial charge in [0.15, 0.2) is 0 Å². The second kappa shape index (κ2) is 23.0. The van der Waals surface area contributed by atoms with Crippen molar-refractivity contribution in [1.82, 2.24) is 0 Å². The van der Waals surface area contributed by atoms with Crippen LogP contribution >= 0.6 is 0 Å². The van der Waals surface area contributed by atoms with Crippen molar-refractivity contribution < 1.29 is 0 Å². The van der Waals surface area contributed by atoms with Crippen LogP contribution in [0.5, 0.6) is 0 Å². The van der Waals surface area contributed by atoms with Gasteiger partial charge in [0.2, 0.25) is 0 Å². The van der Waals surface area contributed by atoms with E-state index >= 15 is 0 Å². The molecule has 0 aromatic heterocycles. The van der Waals surface area contributed by atoms with E-state index < -0.39 is 0 Å². The summed E-state index contributed by atoms with van der Waals surface area (Å²) in [7, 11) is 0. The highest BCUT2D eigenvalue weighted by molar-refractivity contribution is 4.59. The smallest absolute Gasteiger partial charge is 0.0417 e. The van der Waals surface area contributed by atoms with Crippen LogP contribution in [-0.4, -0.2) is 0 Å². The van der Waals surface area contributed by atoms with E-state index in [4.69, 9.17) is 0 Å². The van der Waals surface area contributed by atoms with Crippen LogP contribution in [0.15, 0.2) is 0 Å². The molecule has 1 atom stereocenters. The van der Waals surface area contributed by atoms with Crippen molar-refractivity contribution in [3.8, 4) is 0 Å². The summed E-state index contributed by atoms with van der Waals surface area (Å²) >= 11 is 0. The summed E-state index contributed by atoms with van der Waals surface area (Å²) in [6.45, 7) is 10.2. The van der Waals surface area contributed by atoms with Gasteiger partial charge in [0.1, 0.15) is 0 Å². The predicted molar refractivity (Wildman–Crippen MR) is 121 cm³/mol. The lowest BCUT2D eigenvalue weighted by Gasteiger charge is -2.13. The summed E-state index contributed by atoms with van der Waals surface area (Å²) in [5.41, 5.74) is 0. The van der Waals surface area contributed by atoms with E-state index in [1.54, 1.807) is 0 Å². The molecule has 0 rings (SSSR count). The number of unbranched alkanes of at least 4 members (excludes halogenated alkanes) is 17. The minimum Gasteiger partial charge on any atom is -0.0651 e. The third-order valence-corrected chi connectivity index (χ3v) is 6.05. The van der Waals surface area contributed by atoms with Crippen molar-refractivity contribution in [1.29, 1.82) is 0 Å². The highest BCUT2D eigenvalue weighted by Crippen LogP contribution is 2.20. The summed E-state index contributed by atoms with van der Waals surface area (Å²) < 4.78 is 0. The molecule has 0 spiro atoms. The van der Waals surface area contributed by atoms with Gasteiger partial charge >= 0.3 is 0 Å². The lowest BCUT2D eigenvalue weighted by Crippen LogP contribution is -1.98. The first-order valence-corrected chi connectivity index (χ1v) is 12.4. The van der Waals surface area contributed by atoms with Gasteiger partial charge in [-0.3, -0.25) is 0 Å². The minimum absolute atomic E-state index is 0.977. The molecule has 0 amide bonds. The van der Waals surface area contributed by atoms with Crippen molar-refractivity contribution >= 4 is 0 Å². The van der Waals surface area contributed by atoms with Crippen molar-refractivity contribution in [2.45, 2.75) is 148 Å². The van der Waals surface area contributed by atoms with Crippen molar-refractivity contribution in [2.24, 2.45) is 5.92 Å². The molecule has 0 nitrogen and oxygen atoms in total. The lowest BCUT2D eigenvalue weighted by molar-refractivity contribution is 0.402. The van der Waals surface area contributed by atoms with Gasteiger partial charge in [-0.2, -0.15) is 0 Å². The molecule has 156 valence electrons. The molecule has 0 heteroatoms. The second-order valence-corrected chi connectivity index (χ2v) is 8.57. The molecule has 0 saturated heterocycles. The molecular formula is C26H52. The Balaban J connectivity index is 3.11. The van der Waals surface area contributed by atoms with Crippen LogP contribution < -0.4 is 0 Å². The zero-order chi connectivity index (χ0) is 19.1. The SMILES string of the molecule is [CH2]CCCCCCCCCCCCCCCCCCC(CC)CCC[CH2]. The molecule has 0 N–H and O–H groups in total. The number of rotatable bonds is 22. The lowest BCUT2D eigenvalue weighted by atomic mass is 9.93. The van der Waals surface area contributed by atoms with E-state index in [0.29, 0.717) is 0 Å². The fourth-order valence-corrected chi connectivity index (χ4v) is 4.07.